The van der Waals surface area contributed by atoms with Crippen molar-refractivity contribution in [2.45, 2.75) is 23.2 Å². The van der Waals surface area contributed by atoms with Crippen molar-refractivity contribution in [3.8, 4) is 5.75 Å². The maximum absolute atomic E-state index is 15.0. The summed E-state index contributed by atoms with van der Waals surface area (Å²) in [5, 5.41) is 27.4. The first-order valence-electron chi connectivity index (χ1n) is 10.5. The SMILES string of the molecule is CN(C)C(=O)[C@H]1[C@@H](O)[C@@]2([O-])c3ncc(Cl)cc3O[C@@]2(c2ccc(Cl)cc2)[C@@H]1c1ccccc1. The lowest BCUT2D eigenvalue weighted by Crippen LogP contribution is -2.61. The predicted octanol–water partition coefficient (Wildman–Crippen LogP) is 3.09. The molecular formula is C25H21Cl2N2O4-. The Morgan fingerprint density at radius 2 is 1.76 bits per heavy atom. The van der Waals surface area contributed by atoms with Crippen molar-refractivity contribution in [1.82, 2.24) is 9.88 Å². The molecule has 0 radical (unpaired) electrons. The number of hydrogen-bond donors (Lipinski definition) is 1. The van der Waals surface area contributed by atoms with E-state index < -0.39 is 29.1 Å². The van der Waals surface area contributed by atoms with Crippen LogP contribution in [0.5, 0.6) is 5.75 Å². The molecule has 2 heterocycles. The van der Waals surface area contributed by atoms with Crippen molar-refractivity contribution in [3.63, 3.8) is 0 Å². The lowest BCUT2D eigenvalue weighted by Gasteiger charge is -2.48. The quantitative estimate of drug-likeness (QED) is 0.618. The summed E-state index contributed by atoms with van der Waals surface area (Å²) in [6, 6.07) is 17.4. The van der Waals surface area contributed by atoms with Gasteiger partial charge in [-0.1, -0.05) is 65.7 Å². The zero-order chi connectivity index (χ0) is 23.5. The zero-order valence-corrected chi connectivity index (χ0v) is 19.4. The Kier molecular flexibility index (Phi) is 5.18. The molecule has 2 aliphatic rings. The molecule has 1 aromatic heterocycles. The van der Waals surface area contributed by atoms with E-state index in [1.807, 2.05) is 30.3 Å². The monoisotopic (exact) mass is 483 g/mol. The maximum Gasteiger partial charge on any atom is 0.228 e. The van der Waals surface area contributed by atoms with Gasteiger partial charge >= 0.3 is 0 Å². The molecule has 6 nitrogen and oxygen atoms in total. The van der Waals surface area contributed by atoms with Crippen molar-refractivity contribution >= 4 is 29.1 Å². The number of amides is 1. The van der Waals surface area contributed by atoms with Crippen LogP contribution in [0.1, 0.15) is 22.7 Å². The lowest BCUT2D eigenvalue weighted by molar-refractivity contribution is -0.528. The number of carbonyl (C=O) groups excluding carboxylic acids is 1. The highest BCUT2D eigenvalue weighted by Crippen LogP contribution is 2.67. The average Bonchev–Trinajstić information content (AvgIpc) is 3.17. The summed E-state index contributed by atoms with van der Waals surface area (Å²) in [5.74, 6) is -2.05. The van der Waals surface area contributed by atoms with Gasteiger partial charge in [0.15, 0.2) is 0 Å². The number of hydrogen-bond acceptors (Lipinski definition) is 5. The summed E-state index contributed by atoms with van der Waals surface area (Å²) in [4.78, 5) is 19.1. The Morgan fingerprint density at radius 3 is 2.39 bits per heavy atom. The molecule has 3 aromatic rings. The number of ether oxygens (including phenoxy) is 1. The van der Waals surface area contributed by atoms with Crippen LogP contribution in [0.2, 0.25) is 10.0 Å². The van der Waals surface area contributed by atoms with Crippen LogP contribution < -0.4 is 9.84 Å². The Morgan fingerprint density at radius 1 is 1.09 bits per heavy atom. The van der Waals surface area contributed by atoms with Gasteiger partial charge in [-0.2, -0.15) is 0 Å². The molecule has 1 amide bonds. The second-order valence-corrected chi connectivity index (χ2v) is 9.55. The van der Waals surface area contributed by atoms with Gasteiger partial charge in [-0.15, -0.1) is 0 Å². The molecule has 8 heteroatoms. The molecule has 0 spiro atoms. The second-order valence-electron chi connectivity index (χ2n) is 8.67. The second kappa shape index (κ2) is 7.71. The fourth-order valence-corrected chi connectivity index (χ4v) is 5.65. The molecule has 33 heavy (non-hydrogen) atoms. The van der Waals surface area contributed by atoms with Gasteiger partial charge in [0, 0.05) is 42.9 Å². The molecule has 170 valence electrons. The number of fused-ring (bicyclic) bond motifs is 3. The summed E-state index contributed by atoms with van der Waals surface area (Å²) >= 11 is 12.3. The van der Waals surface area contributed by atoms with E-state index >= 15 is 0 Å². The van der Waals surface area contributed by atoms with Crippen LogP contribution in [0.3, 0.4) is 0 Å². The number of halogens is 2. The van der Waals surface area contributed by atoms with Crippen molar-refractivity contribution in [2.24, 2.45) is 5.92 Å². The first-order chi connectivity index (χ1) is 15.7. The smallest absolute Gasteiger partial charge is 0.228 e. The number of aliphatic hydroxyl groups excluding tert-OH is 1. The van der Waals surface area contributed by atoms with Crippen molar-refractivity contribution in [3.05, 3.63) is 93.7 Å². The highest BCUT2D eigenvalue weighted by atomic mass is 35.5. The fraction of sp³-hybridized carbons (Fsp3) is 0.280. The van der Waals surface area contributed by atoms with Gasteiger partial charge in [-0.25, -0.2) is 0 Å². The third-order valence-electron chi connectivity index (χ3n) is 6.71. The van der Waals surface area contributed by atoms with Crippen LogP contribution in [0.15, 0.2) is 66.9 Å². The Labute approximate surface area is 201 Å². The number of aromatic nitrogens is 1. The first kappa shape index (κ1) is 22.2. The van der Waals surface area contributed by atoms with Crippen LogP contribution in [0.4, 0.5) is 0 Å². The Balaban J connectivity index is 1.87. The maximum atomic E-state index is 15.0. The molecule has 1 aliphatic carbocycles. The third kappa shape index (κ3) is 2.95. The largest absolute Gasteiger partial charge is 0.840 e. The van der Waals surface area contributed by atoms with Crippen molar-refractivity contribution in [2.75, 3.05) is 14.1 Å². The van der Waals surface area contributed by atoms with Crippen LogP contribution in [0, 0.1) is 5.92 Å². The zero-order valence-electron chi connectivity index (χ0n) is 17.9. The van der Waals surface area contributed by atoms with Gasteiger partial charge in [0.1, 0.15) is 11.4 Å². The molecule has 1 aliphatic heterocycles. The summed E-state index contributed by atoms with van der Waals surface area (Å²) in [6.45, 7) is 0. The predicted molar refractivity (Wildman–Crippen MR) is 122 cm³/mol. The number of carbonyl (C=O) groups is 1. The van der Waals surface area contributed by atoms with Crippen LogP contribution in [-0.2, 0) is 16.0 Å². The minimum absolute atomic E-state index is 0.0318. The van der Waals surface area contributed by atoms with Crippen LogP contribution >= 0.6 is 23.2 Å². The fourth-order valence-electron chi connectivity index (χ4n) is 5.37. The summed E-state index contributed by atoms with van der Waals surface area (Å²) < 4.78 is 6.49. The van der Waals surface area contributed by atoms with Gasteiger partial charge in [-0.05, 0) is 23.3 Å². The van der Waals surface area contributed by atoms with Crippen molar-refractivity contribution < 1.29 is 19.7 Å². The van der Waals surface area contributed by atoms with Gasteiger partial charge in [0.25, 0.3) is 0 Å². The average molecular weight is 484 g/mol. The lowest BCUT2D eigenvalue weighted by atomic mass is 9.71. The van der Waals surface area contributed by atoms with Gasteiger partial charge in [0.2, 0.25) is 5.91 Å². The Hall–Kier alpha value is -2.64. The number of benzene rings is 2. The molecule has 0 bridgehead atoms. The van der Waals surface area contributed by atoms with E-state index in [9.17, 15) is 15.0 Å². The molecule has 1 saturated carbocycles. The van der Waals surface area contributed by atoms with Crippen molar-refractivity contribution in [1.29, 1.82) is 0 Å². The molecule has 1 N–H and O–H groups in total. The van der Waals surface area contributed by atoms with Gasteiger partial charge < -0.3 is 19.8 Å². The third-order valence-corrected chi connectivity index (χ3v) is 7.16. The highest BCUT2D eigenvalue weighted by molar-refractivity contribution is 6.30. The summed E-state index contributed by atoms with van der Waals surface area (Å²) in [7, 11) is 3.20. The molecule has 5 rings (SSSR count). The molecule has 1 fully saturated rings. The van der Waals surface area contributed by atoms with Crippen LogP contribution in [0.25, 0.3) is 0 Å². The van der Waals surface area contributed by atoms with E-state index in [1.54, 1.807) is 38.4 Å². The van der Waals surface area contributed by atoms with Crippen LogP contribution in [-0.4, -0.2) is 41.1 Å². The van der Waals surface area contributed by atoms with E-state index in [0.29, 0.717) is 21.2 Å². The van der Waals surface area contributed by atoms with E-state index in [1.165, 1.54) is 17.2 Å². The van der Waals surface area contributed by atoms with E-state index in [2.05, 4.69) is 4.98 Å². The first-order valence-corrected chi connectivity index (χ1v) is 11.2. The summed E-state index contributed by atoms with van der Waals surface area (Å²) in [6.07, 6.45) is -0.268. The van der Waals surface area contributed by atoms with E-state index in [-0.39, 0.29) is 17.4 Å². The molecule has 0 saturated heterocycles. The topological polar surface area (TPSA) is 85.7 Å². The molecule has 0 unspecified atom stereocenters. The number of pyridine rings is 1. The summed E-state index contributed by atoms with van der Waals surface area (Å²) in [5.41, 5.74) is -2.72. The minimum atomic E-state index is -2.28. The minimum Gasteiger partial charge on any atom is -0.840 e. The number of aliphatic hydroxyl groups is 1. The van der Waals surface area contributed by atoms with E-state index in [0.717, 1.165) is 0 Å². The normalized spacial score (nSPS) is 29.8. The number of nitrogens with zero attached hydrogens (tertiary/aromatic N) is 2. The highest BCUT2D eigenvalue weighted by Gasteiger charge is 2.72. The van der Waals surface area contributed by atoms with Gasteiger partial charge in [0.05, 0.1) is 22.7 Å². The number of rotatable bonds is 3. The molecular weight excluding hydrogens is 463 g/mol. The Bertz CT molecular complexity index is 1220. The standard InChI is InChI=1S/C25H21Cl2N2O4/c1-29(2)23(31)19-20(14-6-4-3-5-7-14)25(15-8-10-16(26)11-9-15)24(32,22(19)30)21-18(33-25)12-17(27)13-28-21/h3-13,19-20,22,30H,1-2H3/q-1/t19-,20-,22-,24+,25+/m1/s1. The van der Waals surface area contributed by atoms with E-state index in [4.69, 9.17) is 27.9 Å². The van der Waals surface area contributed by atoms with Gasteiger partial charge in [-0.3, -0.25) is 9.78 Å². The molecule has 2 aromatic carbocycles. The molecule has 5 atom stereocenters.